The zero-order valence-electron chi connectivity index (χ0n) is 12.6. The minimum absolute atomic E-state index is 0.00929. The zero-order valence-corrected chi connectivity index (χ0v) is 13.4. The summed E-state index contributed by atoms with van der Waals surface area (Å²) in [4.78, 5) is 2.44. The van der Waals surface area contributed by atoms with Crippen LogP contribution in [0.3, 0.4) is 0 Å². The number of hydrogen-bond acceptors (Lipinski definition) is 3. The summed E-state index contributed by atoms with van der Waals surface area (Å²) in [5.74, 6) is 0. The number of nitrogens with two attached hydrogens (primary N) is 1. The Bertz CT molecular complexity index is 450. The van der Waals surface area contributed by atoms with Gasteiger partial charge in [-0.25, -0.2) is 0 Å². The van der Waals surface area contributed by atoms with E-state index in [-0.39, 0.29) is 17.7 Å². The maximum absolute atomic E-state index is 6.27. The topological polar surface area (TPSA) is 38.5 Å². The molecular formula is C16H25ClN2O. The molecule has 0 amide bonds. The van der Waals surface area contributed by atoms with Gasteiger partial charge in [0.05, 0.1) is 11.7 Å². The first kappa shape index (κ1) is 15.8. The predicted octanol–water partition coefficient (Wildman–Crippen LogP) is 3.23. The van der Waals surface area contributed by atoms with Crippen LogP contribution in [0.4, 0.5) is 0 Å². The third-order valence-electron chi connectivity index (χ3n) is 3.70. The first-order chi connectivity index (χ1) is 9.37. The van der Waals surface area contributed by atoms with Crippen molar-refractivity contribution in [1.82, 2.24) is 4.90 Å². The van der Waals surface area contributed by atoms with E-state index < -0.39 is 0 Å². The summed E-state index contributed by atoms with van der Waals surface area (Å²) in [7, 11) is 0. The Morgan fingerprint density at radius 2 is 2.15 bits per heavy atom. The minimum atomic E-state index is -0.0772. The second kappa shape index (κ2) is 6.44. The van der Waals surface area contributed by atoms with E-state index in [0.717, 1.165) is 36.6 Å². The minimum Gasteiger partial charge on any atom is -0.370 e. The Kier molecular flexibility index (Phi) is 5.08. The van der Waals surface area contributed by atoms with Crippen LogP contribution < -0.4 is 5.73 Å². The lowest BCUT2D eigenvalue weighted by atomic mass is 10.0. The van der Waals surface area contributed by atoms with E-state index in [1.54, 1.807) is 0 Å². The van der Waals surface area contributed by atoms with Crippen LogP contribution in [-0.2, 0) is 4.74 Å². The van der Waals surface area contributed by atoms with Crippen LogP contribution in [0.15, 0.2) is 24.3 Å². The number of ether oxygens (including phenoxy) is 1. The molecule has 0 spiro atoms. The van der Waals surface area contributed by atoms with E-state index in [1.807, 2.05) is 24.3 Å². The Balaban J connectivity index is 1.90. The second-order valence-electron chi connectivity index (χ2n) is 6.34. The fraction of sp³-hybridized carbons (Fsp3) is 0.625. The third-order valence-corrected chi connectivity index (χ3v) is 4.05. The van der Waals surface area contributed by atoms with Crippen molar-refractivity contribution in [2.45, 2.75) is 44.9 Å². The highest BCUT2D eigenvalue weighted by Gasteiger charge is 2.31. The SMILES string of the molecule is CC1CN(CCC(N)c2ccccc2Cl)CC(C)(C)O1. The molecule has 1 aromatic rings. The first-order valence-electron chi connectivity index (χ1n) is 7.27. The molecule has 20 heavy (non-hydrogen) atoms. The summed E-state index contributed by atoms with van der Waals surface area (Å²) >= 11 is 6.20. The smallest absolute Gasteiger partial charge is 0.0757 e. The molecule has 0 aliphatic carbocycles. The van der Waals surface area contributed by atoms with Crippen molar-refractivity contribution in [3.63, 3.8) is 0 Å². The van der Waals surface area contributed by atoms with Crippen molar-refractivity contribution in [1.29, 1.82) is 0 Å². The van der Waals surface area contributed by atoms with Crippen molar-refractivity contribution in [3.05, 3.63) is 34.9 Å². The highest BCUT2D eigenvalue weighted by Crippen LogP contribution is 2.25. The van der Waals surface area contributed by atoms with Crippen LogP contribution in [0.1, 0.15) is 38.8 Å². The molecule has 0 radical (unpaired) electrons. The van der Waals surface area contributed by atoms with Gasteiger partial charge in [0.1, 0.15) is 0 Å². The van der Waals surface area contributed by atoms with Crippen molar-refractivity contribution in [3.8, 4) is 0 Å². The average Bonchev–Trinajstić information content (AvgIpc) is 2.34. The molecular weight excluding hydrogens is 272 g/mol. The van der Waals surface area contributed by atoms with Crippen molar-refractivity contribution >= 4 is 11.6 Å². The quantitative estimate of drug-likeness (QED) is 0.927. The number of morpholine rings is 1. The van der Waals surface area contributed by atoms with E-state index in [1.165, 1.54) is 0 Å². The van der Waals surface area contributed by atoms with E-state index in [2.05, 4.69) is 25.7 Å². The maximum atomic E-state index is 6.27. The summed E-state index contributed by atoms with van der Waals surface area (Å²) in [6, 6.07) is 7.83. The monoisotopic (exact) mass is 296 g/mol. The molecule has 1 aromatic carbocycles. The number of rotatable bonds is 4. The van der Waals surface area contributed by atoms with E-state index in [0.29, 0.717) is 0 Å². The Labute approximate surface area is 127 Å². The normalized spacial score (nSPS) is 24.6. The predicted molar refractivity (Wildman–Crippen MR) is 84.1 cm³/mol. The van der Waals surface area contributed by atoms with Crippen LogP contribution in [-0.4, -0.2) is 36.2 Å². The largest absolute Gasteiger partial charge is 0.370 e. The average molecular weight is 297 g/mol. The van der Waals surface area contributed by atoms with Crippen LogP contribution in [0.25, 0.3) is 0 Å². The molecule has 3 nitrogen and oxygen atoms in total. The first-order valence-corrected chi connectivity index (χ1v) is 7.65. The molecule has 1 aliphatic rings. The maximum Gasteiger partial charge on any atom is 0.0757 e. The summed E-state index contributed by atoms with van der Waals surface area (Å²) < 4.78 is 5.92. The molecule has 2 atom stereocenters. The molecule has 2 N–H and O–H groups in total. The lowest BCUT2D eigenvalue weighted by Gasteiger charge is -2.42. The van der Waals surface area contributed by atoms with Crippen LogP contribution in [0, 0.1) is 0 Å². The van der Waals surface area contributed by atoms with E-state index >= 15 is 0 Å². The number of benzene rings is 1. The van der Waals surface area contributed by atoms with Crippen molar-refractivity contribution in [2.75, 3.05) is 19.6 Å². The molecule has 1 saturated heterocycles. The van der Waals surface area contributed by atoms with Crippen LogP contribution in [0.5, 0.6) is 0 Å². The summed E-state index contributed by atoms with van der Waals surface area (Å²) in [5, 5.41) is 0.760. The van der Waals surface area contributed by atoms with Gasteiger partial charge in [0, 0.05) is 30.7 Å². The fourth-order valence-electron chi connectivity index (χ4n) is 3.01. The number of hydrogen-bond donors (Lipinski definition) is 1. The Hall–Kier alpha value is -0.610. The van der Waals surface area contributed by atoms with Gasteiger partial charge < -0.3 is 10.5 Å². The van der Waals surface area contributed by atoms with Crippen molar-refractivity contribution in [2.24, 2.45) is 5.73 Å². The molecule has 1 aliphatic heterocycles. The highest BCUT2D eigenvalue weighted by atomic mass is 35.5. The molecule has 2 rings (SSSR count). The molecule has 112 valence electrons. The van der Waals surface area contributed by atoms with Gasteiger partial charge in [0.25, 0.3) is 0 Å². The van der Waals surface area contributed by atoms with Gasteiger partial charge in [-0.2, -0.15) is 0 Å². The summed E-state index contributed by atoms with van der Waals surface area (Å²) in [6.45, 7) is 9.31. The lowest BCUT2D eigenvalue weighted by Crippen LogP contribution is -2.52. The van der Waals surface area contributed by atoms with Crippen LogP contribution in [0.2, 0.25) is 5.02 Å². The van der Waals surface area contributed by atoms with Gasteiger partial charge in [-0.05, 0) is 38.8 Å². The molecule has 0 bridgehead atoms. The highest BCUT2D eigenvalue weighted by molar-refractivity contribution is 6.31. The zero-order chi connectivity index (χ0) is 14.8. The Morgan fingerprint density at radius 3 is 2.80 bits per heavy atom. The molecule has 0 aromatic heterocycles. The molecule has 0 saturated carbocycles. The molecule has 4 heteroatoms. The molecule has 1 heterocycles. The third kappa shape index (κ3) is 4.19. The van der Waals surface area contributed by atoms with Gasteiger partial charge in [-0.1, -0.05) is 29.8 Å². The van der Waals surface area contributed by atoms with Crippen molar-refractivity contribution < 1.29 is 4.74 Å². The molecule has 1 fully saturated rings. The standard InChI is InChI=1S/C16H25ClN2O/c1-12-10-19(11-16(2,3)20-12)9-8-15(18)13-6-4-5-7-14(13)17/h4-7,12,15H,8-11,18H2,1-3H3. The van der Waals surface area contributed by atoms with Gasteiger partial charge in [0.2, 0.25) is 0 Å². The van der Waals surface area contributed by atoms with E-state index in [4.69, 9.17) is 22.1 Å². The number of halogens is 1. The molecule has 2 unspecified atom stereocenters. The summed E-state index contributed by atoms with van der Waals surface area (Å²) in [5.41, 5.74) is 7.23. The summed E-state index contributed by atoms with van der Waals surface area (Å²) in [6.07, 6.45) is 1.18. The Morgan fingerprint density at radius 1 is 1.45 bits per heavy atom. The number of nitrogens with zero attached hydrogens (tertiary/aromatic N) is 1. The fourth-order valence-corrected chi connectivity index (χ4v) is 3.29. The van der Waals surface area contributed by atoms with Gasteiger partial charge in [-0.3, -0.25) is 4.90 Å². The van der Waals surface area contributed by atoms with Crippen LogP contribution >= 0.6 is 11.6 Å². The second-order valence-corrected chi connectivity index (χ2v) is 6.75. The lowest BCUT2D eigenvalue weighted by molar-refractivity contribution is -0.128. The van der Waals surface area contributed by atoms with Gasteiger partial charge in [-0.15, -0.1) is 0 Å². The van der Waals surface area contributed by atoms with E-state index in [9.17, 15) is 0 Å². The van der Waals surface area contributed by atoms with Gasteiger partial charge >= 0.3 is 0 Å². The van der Waals surface area contributed by atoms with Gasteiger partial charge in [0.15, 0.2) is 0 Å².